The molecule has 0 radical (unpaired) electrons. The molecule has 2 aromatic rings. The molecule has 0 atom stereocenters. The third-order valence-electron chi connectivity index (χ3n) is 4.59. The van der Waals surface area contributed by atoms with Crippen LogP contribution in [0.25, 0.3) is 5.69 Å². The molecule has 0 aliphatic heterocycles. The molecule has 0 bridgehead atoms. The molecule has 1 fully saturated rings. The van der Waals surface area contributed by atoms with Crippen molar-refractivity contribution in [3.63, 3.8) is 0 Å². The summed E-state index contributed by atoms with van der Waals surface area (Å²) in [6.07, 6.45) is 2.26. The number of benzene rings is 1. The van der Waals surface area contributed by atoms with Gasteiger partial charge in [-0.05, 0) is 45.2 Å². The summed E-state index contributed by atoms with van der Waals surface area (Å²) in [5.74, 6) is -1.32. The molecule has 1 aliphatic carbocycles. The fourth-order valence-electron chi connectivity index (χ4n) is 2.99. The number of carbonyl (C=O) groups is 2. The maximum absolute atomic E-state index is 12.5. The summed E-state index contributed by atoms with van der Waals surface area (Å²) in [6, 6.07) is 9.46. The second-order valence-corrected chi connectivity index (χ2v) is 6.38. The van der Waals surface area contributed by atoms with Crippen LogP contribution in [0, 0.1) is 13.8 Å². The zero-order chi connectivity index (χ0) is 17.3. The lowest BCUT2D eigenvalue weighted by Gasteiger charge is -2.36. The summed E-state index contributed by atoms with van der Waals surface area (Å²) >= 11 is 0. The molecule has 0 saturated heterocycles. The van der Waals surface area contributed by atoms with E-state index in [0.717, 1.165) is 12.1 Å². The van der Waals surface area contributed by atoms with Crippen LogP contribution in [-0.4, -0.2) is 38.7 Å². The number of nitrogens with zero attached hydrogens (tertiary/aromatic N) is 2. The Morgan fingerprint density at radius 3 is 2.50 bits per heavy atom. The molecule has 0 spiro atoms. The molecule has 6 heteroatoms. The second-order valence-electron chi connectivity index (χ2n) is 6.38. The summed E-state index contributed by atoms with van der Waals surface area (Å²) in [6.45, 7) is 3.60. The van der Waals surface area contributed by atoms with Crippen LogP contribution in [0.2, 0.25) is 0 Å². The van der Waals surface area contributed by atoms with Crippen LogP contribution in [-0.2, 0) is 4.79 Å². The van der Waals surface area contributed by atoms with Gasteiger partial charge in [-0.25, -0.2) is 4.68 Å². The average Bonchev–Trinajstić information content (AvgIpc) is 2.85. The minimum Gasteiger partial charge on any atom is -0.388 e. The van der Waals surface area contributed by atoms with Crippen LogP contribution in [0.3, 0.4) is 0 Å². The highest BCUT2D eigenvalue weighted by atomic mass is 16.3. The smallest absolute Gasteiger partial charge is 0.292 e. The van der Waals surface area contributed by atoms with Crippen molar-refractivity contribution in [1.29, 1.82) is 0 Å². The first kappa shape index (κ1) is 16.4. The zero-order valence-electron chi connectivity index (χ0n) is 13.9. The van der Waals surface area contributed by atoms with Crippen molar-refractivity contribution >= 4 is 11.7 Å². The van der Waals surface area contributed by atoms with Crippen LogP contribution < -0.4 is 5.32 Å². The molecular weight excluding hydrogens is 306 g/mol. The number of amides is 1. The quantitative estimate of drug-likeness (QED) is 0.647. The molecule has 1 heterocycles. The van der Waals surface area contributed by atoms with Gasteiger partial charge in [-0.2, -0.15) is 5.10 Å². The summed E-state index contributed by atoms with van der Waals surface area (Å²) in [5.41, 5.74) is 1.44. The van der Waals surface area contributed by atoms with Crippen LogP contribution >= 0.6 is 0 Å². The first-order chi connectivity index (χ1) is 11.4. The van der Waals surface area contributed by atoms with Crippen molar-refractivity contribution in [2.24, 2.45) is 0 Å². The summed E-state index contributed by atoms with van der Waals surface area (Å²) in [7, 11) is 0. The number of nitrogens with one attached hydrogen (secondary N) is 1. The van der Waals surface area contributed by atoms with E-state index in [1.54, 1.807) is 18.5 Å². The molecule has 2 N–H and O–H groups in total. The molecule has 126 valence electrons. The van der Waals surface area contributed by atoms with Crippen molar-refractivity contribution in [3.8, 4) is 5.69 Å². The zero-order valence-corrected chi connectivity index (χ0v) is 13.9. The minimum absolute atomic E-state index is 0.114. The number of ketones is 1. The van der Waals surface area contributed by atoms with Crippen molar-refractivity contribution in [2.45, 2.75) is 38.7 Å². The fourth-order valence-corrected chi connectivity index (χ4v) is 2.99. The maximum Gasteiger partial charge on any atom is 0.292 e. The van der Waals surface area contributed by atoms with Crippen LogP contribution in [0.4, 0.5) is 0 Å². The van der Waals surface area contributed by atoms with Gasteiger partial charge in [-0.3, -0.25) is 9.59 Å². The standard InChI is InChI=1S/C18H21N3O3/c1-12-15(13(2)21(20-12)14-7-4-3-5-8-14)16(22)17(23)19-11-18(24)9-6-10-18/h3-5,7-8,24H,6,9-11H2,1-2H3,(H,19,23). The molecule has 1 amide bonds. The molecule has 1 aromatic carbocycles. The third kappa shape index (κ3) is 2.97. The highest BCUT2D eigenvalue weighted by molar-refractivity contribution is 6.43. The Morgan fingerprint density at radius 2 is 1.92 bits per heavy atom. The van der Waals surface area contributed by atoms with Gasteiger partial charge >= 0.3 is 0 Å². The van der Waals surface area contributed by atoms with Crippen molar-refractivity contribution < 1.29 is 14.7 Å². The normalized spacial score (nSPS) is 15.6. The largest absolute Gasteiger partial charge is 0.388 e. The number of para-hydroxylation sites is 1. The number of aliphatic hydroxyl groups is 1. The number of Topliss-reactive ketones (excluding diaryl/α,β-unsaturated/α-hetero) is 1. The Bertz CT molecular complexity index is 776. The lowest BCUT2D eigenvalue weighted by molar-refractivity contribution is -0.119. The van der Waals surface area contributed by atoms with E-state index in [-0.39, 0.29) is 6.54 Å². The number of carbonyl (C=O) groups excluding carboxylic acids is 2. The highest BCUT2D eigenvalue weighted by Gasteiger charge is 2.35. The highest BCUT2D eigenvalue weighted by Crippen LogP contribution is 2.30. The Hall–Kier alpha value is -2.47. The van der Waals surface area contributed by atoms with Gasteiger partial charge in [0.15, 0.2) is 0 Å². The number of rotatable bonds is 5. The molecule has 3 rings (SSSR count). The lowest BCUT2D eigenvalue weighted by atomic mass is 9.80. The van der Waals surface area contributed by atoms with Crippen molar-refractivity contribution in [3.05, 3.63) is 47.3 Å². The van der Waals surface area contributed by atoms with Gasteiger partial charge in [0, 0.05) is 6.54 Å². The van der Waals surface area contributed by atoms with Gasteiger partial charge in [0.25, 0.3) is 11.7 Å². The molecule has 0 unspecified atom stereocenters. The molecule has 1 aromatic heterocycles. The lowest BCUT2D eigenvalue weighted by Crippen LogP contribution is -2.49. The maximum atomic E-state index is 12.5. The summed E-state index contributed by atoms with van der Waals surface area (Å²) < 4.78 is 1.66. The first-order valence-corrected chi connectivity index (χ1v) is 8.08. The Morgan fingerprint density at radius 1 is 1.25 bits per heavy atom. The SMILES string of the molecule is Cc1nn(-c2ccccc2)c(C)c1C(=O)C(=O)NCC1(O)CCC1. The number of hydrogen-bond donors (Lipinski definition) is 2. The van der Waals surface area contributed by atoms with E-state index in [9.17, 15) is 14.7 Å². The molecule has 1 aliphatic rings. The van der Waals surface area contributed by atoms with Gasteiger partial charge in [-0.15, -0.1) is 0 Å². The Labute approximate surface area is 140 Å². The van der Waals surface area contributed by atoms with Gasteiger partial charge < -0.3 is 10.4 Å². The van der Waals surface area contributed by atoms with Crippen LogP contribution in [0.15, 0.2) is 30.3 Å². The number of hydrogen-bond acceptors (Lipinski definition) is 4. The van der Waals surface area contributed by atoms with Crippen LogP contribution in [0.5, 0.6) is 0 Å². The minimum atomic E-state index is -0.853. The van der Waals surface area contributed by atoms with Crippen molar-refractivity contribution in [2.75, 3.05) is 6.54 Å². The average molecular weight is 327 g/mol. The summed E-state index contributed by atoms with van der Waals surface area (Å²) in [4.78, 5) is 24.7. The van der Waals surface area contributed by atoms with Gasteiger partial charge in [0.1, 0.15) is 0 Å². The predicted molar refractivity (Wildman–Crippen MR) is 89.2 cm³/mol. The van der Waals surface area contributed by atoms with E-state index >= 15 is 0 Å². The van der Waals surface area contributed by atoms with Crippen LogP contribution in [0.1, 0.15) is 41.0 Å². The van der Waals surface area contributed by atoms with E-state index in [0.29, 0.717) is 29.8 Å². The second kappa shape index (κ2) is 6.20. The van der Waals surface area contributed by atoms with E-state index in [2.05, 4.69) is 10.4 Å². The van der Waals surface area contributed by atoms with E-state index in [1.165, 1.54) is 0 Å². The molecule has 24 heavy (non-hydrogen) atoms. The third-order valence-corrected chi connectivity index (χ3v) is 4.59. The Kier molecular flexibility index (Phi) is 4.24. The molecular formula is C18H21N3O3. The Balaban J connectivity index is 1.80. The number of aromatic nitrogens is 2. The van der Waals surface area contributed by atoms with Crippen molar-refractivity contribution in [1.82, 2.24) is 15.1 Å². The first-order valence-electron chi connectivity index (χ1n) is 8.08. The van der Waals surface area contributed by atoms with Gasteiger partial charge in [0.05, 0.1) is 28.2 Å². The number of aryl methyl sites for hydroxylation is 1. The van der Waals surface area contributed by atoms with Gasteiger partial charge in [-0.1, -0.05) is 18.2 Å². The molecule has 6 nitrogen and oxygen atoms in total. The van der Waals surface area contributed by atoms with E-state index in [4.69, 9.17) is 0 Å². The predicted octanol–water partition coefficient (Wildman–Crippen LogP) is 1.70. The summed E-state index contributed by atoms with van der Waals surface area (Å²) in [5, 5.41) is 17.0. The van der Waals surface area contributed by atoms with Gasteiger partial charge in [0.2, 0.25) is 0 Å². The topological polar surface area (TPSA) is 84.2 Å². The monoisotopic (exact) mass is 327 g/mol. The fraction of sp³-hybridized carbons (Fsp3) is 0.389. The van der Waals surface area contributed by atoms with E-state index < -0.39 is 17.3 Å². The van der Waals surface area contributed by atoms with E-state index in [1.807, 2.05) is 30.3 Å². The molecule has 1 saturated carbocycles.